The summed E-state index contributed by atoms with van der Waals surface area (Å²) in [4.78, 5) is 12.8. The Morgan fingerprint density at radius 1 is 1.33 bits per heavy atom. The Morgan fingerprint density at radius 3 is 2.87 bits per heavy atom. The first-order chi connectivity index (χ1) is 7.29. The van der Waals surface area contributed by atoms with Crippen molar-refractivity contribution in [3.63, 3.8) is 0 Å². The smallest absolute Gasteiger partial charge is 0.223 e. The quantitative estimate of drug-likeness (QED) is 0.848. The van der Waals surface area contributed by atoms with E-state index in [1.54, 1.807) is 0 Å². The lowest BCUT2D eigenvalue weighted by Crippen LogP contribution is -2.14. The fourth-order valence-electron chi connectivity index (χ4n) is 1.40. The molecule has 0 radical (unpaired) electrons. The van der Waals surface area contributed by atoms with E-state index in [9.17, 15) is 0 Å². The highest BCUT2D eigenvalue weighted by Crippen LogP contribution is 2.34. The van der Waals surface area contributed by atoms with Gasteiger partial charge >= 0.3 is 0 Å². The Labute approximate surface area is 97.9 Å². The normalized spacial score (nSPS) is 21.5. The fraction of sp³-hybridized carbons (Fsp3) is 0.667. The first-order valence-electron chi connectivity index (χ1n) is 4.99. The van der Waals surface area contributed by atoms with E-state index in [4.69, 9.17) is 5.73 Å². The van der Waals surface area contributed by atoms with Gasteiger partial charge in [-0.15, -0.1) is 11.8 Å². The summed E-state index contributed by atoms with van der Waals surface area (Å²) in [5.41, 5.74) is 5.66. The van der Waals surface area contributed by atoms with Crippen molar-refractivity contribution in [1.82, 2.24) is 15.0 Å². The molecule has 0 aliphatic carbocycles. The number of anilines is 1. The van der Waals surface area contributed by atoms with Crippen LogP contribution < -0.4 is 5.73 Å². The minimum atomic E-state index is 0.355. The average molecular weight is 242 g/mol. The summed E-state index contributed by atoms with van der Waals surface area (Å²) < 4.78 is 0. The fourth-order valence-corrected chi connectivity index (χ4v) is 3.99. The lowest BCUT2D eigenvalue weighted by Gasteiger charge is -2.19. The van der Waals surface area contributed by atoms with Gasteiger partial charge in [-0.3, -0.25) is 0 Å². The molecule has 0 amide bonds. The number of aryl methyl sites for hydroxylation is 1. The van der Waals surface area contributed by atoms with Crippen molar-refractivity contribution < 1.29 is 0 Å². The van der Waals surface area contributed by atoms with E-state index >= 15 is 0 Å². The minimum Gasteiger partial charge on any atom is -0.368 e. The second-order valence-corrected chi connectivity index (χ2v) is 5.72. The van der Waals surface area contributed by atoms with Gasteiger partial charge in [-0.2, -0.15) is 21.7 Å². The first-order valence-corrected chi connectivity index (χ1v) is 7.19. The van der Waals surface area contributed by atoms with Gasteiger partial charge < -0.3 is 5.73 Å². The molecule has 1 saturated heterocycles. The van der Waals surface area contributed by atoms with E-state index in [0.717, 1.165) is 23.8 Å². The standard InChI is InChI=1S/C9H14N4S2/c1-2-7-11-8(13-9(10)12-7)6-5-14-3-4-15-6/h6H,2-5H2,1H3,(H2,10,11,12,13). The van der Waals surface area contributed by atoms with Crippen LogP contribution in [0, 0.1) is 0 Å². The summed E-state index contributed by atoms with van der Waals surface area (Å²) in [6.07, 6.45) is 0.810. The predicted molar refractivity (Wildman–Crippen MR) is 66.1 cm³/mol. The number of rotatable bonds is 2. The zero-order valence-electron chi connectivity index (χ0n) is 8.64. The molecule has 1 aliphatic heterocycles. The molecule has 15 heavy (non-hydrogen) atoms. The van der Waals surface area contributed by atoms with Crippen molar-refractivity contribution in [2.45, 2.75) is 18.6 Å². The third kappa shape index (κ3) is 2.75. The van der Waals surface area contributed by atoms with Gasteiger partial charge in [0.25, 0.3) is 0 Å². The summed E-state index contributed by atoms with van der Waals surface area (Å²) in [7, 11) is 0. The molecule has 6 heteroatoms. The number of aromatic nitrogens is 3. The number of nitrogen functional groups attached to an aromatic ring is 1. The van der Waals surface area contributed by atoms with E-state index in [0.29, 0.717) is 11.2 Å². The Bertz CT molecular complexity index is 339. The maximum absolute atomic E-state index is 5.66. The Hall–Kier alpha value is -0.490. The maximum Gasteiger partial charge on any atom is 0.223 e. The zero-order chi connectivity index (χ0) is 10.7. The highest BCUT2D eigenvalue weighted by atomic mass is 32.2. The van der Waals surface area contributed by atoms with Crippen LogP contribution in [0.5, 0.6) is 0 Å². The van der Waals surface area contributed by atoms with Gasteiger partial charge in [0, 0.05) is 23.7 Å². The lowest BCUT2D eigenvalue weighted by molar-refractivity contribution is 0.828. The second kappa shape index (κ2) is 5.03. The third-order valence-electron chi connectivity index (χ3n) is 2.14. The molecule has 0 saturated carbocycles. The highest BCUT2D eigenvalue weighted by molar-refractivity contribution is 8.06. The summed E-state index contributed by atoms with van der Waals surface area (Å²) in [6.45, 7) is 2.03. The topological polar surface area (TPSA) is 64.7 Å². The lowest BCUT2D eigenvalue weighted by atomic mass is 10.4. The molecule has 2 N–H and O–H groups in total. The molecule has 1 aliphatic rings. The zero-order valence-corrected chi connectivity index (χ0v) is 10.3. The monoisotopic (exact) mass is 242 g/mol. The molecule has 82 valence electrons. The summed E-state index contributed by atoms with van der Waals surface area (Å²) in [5, 5.41) is 0.388. The molecule has 1 unspecified atom stereocenters. The molecule has 1 aromatic rings. The van der Waals surface area contributed by atoms with Crippen LogP contribution in [0.1, 0.15) is 23.8 Å². The van der Waals surface area contributed by atoms with Gasteiger partial charge in [0.1, 0.15) is 11.6 Å². The number of hydrogen-bond acceptors (Lipinski definition) is 6. The van der Waals surface area contributed by atoms with Crippen LogP contribution in [0.3, 0.4) is 0 Å². The molecule has 0 bridgehead atoms. The Kier molecular flexibility index (Phi) is 3.69. The third-order valence-corrected chi connectivity index (χ3v) is 4.89. The number of hydrogen-bond donors (Lipinski definition) is 1. The molecular formula is C9H14N4S2. The molecule has 4 nitrogen and oxygen atoms in total. The molecule has 0 aromatic carbocycles. The SMILES string of the molecule is CCc1nc(N)nc(C2CSCCS2)n1. The second-order valence-electron chi connectivity index (χ2n) is 3.26. The Balaban J connectivity index is 2.22. The van der Waals surface area contributed by atoms with Crippen LogP contribution in [-0.4, -0.2) is 32.2 Å². The largest absolute Gasteiger partial charge is 0.368 e. The highest BCUT2D eigenvalue weighted by Gasteiger charge is 2.20. The van der Waals surface area contributed by atoms with Gasteiger partial charge in [-0.25, -0.2) is 4.98 Å². The van der Waals surface area contributed by atoms with Crippen LogP contribution >= 0.6 is 23.5 Å². The molecule has 1 aromatic heterocycles. The van der Waals surface area contributed by atoms with Gasteiger partial charge in [-0.05, 0) is 0 Å². The van der Waals surface area contributed by atoms with Crippen molar-refractivity contribution in [3.05, 3.63) is 11.6 Å². The van der Waals surface area contributed by atoms with Gasteiger partial charge in [0.05, 0.1) is 5.25 Å². The molecule has 1 atom stereocenters. The molecule has 2 heterocycles. The van der Waals surface area contributed by atoms with E-state index in [-0.39, 0.29) is 0 Å². The van der Waals surface area contributed by atoms with E-state index in [2.05, 4.69) is 15.0 Å². The summed E-state index contributed by atoms with van der Waals surface area (Å²) in [5.74, 6) is 5.49. The van der Waals surface area contributed by atoms with E-state index < -0.39 is 0 Å². The van der Waals surface area contributed by atoms with Gasteiger partial charge in [-0.1, -0.05) is 6.92 Å². The Morgan fingerprint density at radius 2 is 2.20 bits per heavy atom. The molecule has 2 rings (SSSR count). The van der Waals surface area contributed by atoms with Crippen LogP contribution in [0.15, 0.2) is 0 Å². The maximum atomic E-state index is 5.66. The minimum absolute atomic E-state index is 0.355. The van der Waals surface area contributed by atoms with Crippen LogP contribution in [-0.2, 0) is 6.42 Å². The summed E-state index contributed by atoms with van der Waals surface area (Å²) in [6, 6.07) is 0. The van der Waals surface area contributed by atoms with Crippen molar-refractivity contribution in [1.29, 1.82) is 0 Å². The number of nitrogens with zero attached hydrogens (tertiary/aromatic N) is 3. The van der Waals surface area contributed by atoms with Gasteiger partial charge in [0.2, 0.25) is 5.95 Å². The van der Waals surface area contributed by atoms with E-state index in [1.165, 1.54) is 11.5 Å². The summed E-state index contributed by atoms with van der Waals surface area (Å²) >= 11 is 3.87. The number of thioether (sulfide) groups is 2. The van der Waals surface area contributed by atoms with Crippen molar-refractivity contribution >= 4 is 29.5 Å². The van der Waals surface area contributed by atoms with Crippen molar-refractivity contribution in [2.75, 3.05) is 23.0 Å². The van der Waals surface area contributed by atoms with Gasteiger partial charge in [0.15, 0.2) is 0 Å². The van der Waals surface area contributed by atoms with Crippen LogP contribution in [0.4, 0.5) is 5.95 Å². The van der Waals surface area contributed by atoms with Crippen LogP contribution in [0.2, 0.25) is 0 Å². The predicted octanol–water partition coefficient (Wildman–Crippen LogP) is 1.54. The molecule has 0 spiro atoms. The average Bonchev–Trinajstić information content (AvgIpc) is 2.29. The van der Waals surface area contributed by atoms with Crippen LogP contribution in [0.25, 0.3) is 0 Å². The first kappa shape index (κ1) is 11.0. The number of nitrogens with two attached hydrogens (primary N) is 1. The van der Waals surface area contributed by atoms with Crippen molar-refractivity contribution in [2.24, 2.45) is 0 Å². The molecular weight excluding hydrogens is 228 g/mol. The van der Waals surface area contributed by atoms with E-state index in [1.807, 2.05) is 30.4 Å². The van der Waals surface area contributed by atoms with Crippen molar-refractivity contribution in [3.8, 4) is 0 Å². The molecule has 1 fully saturated rings.